The van der Waals surface area contributed by atoms with E-state index >= 15 is 0 Å². The molecule has 2 aliphatic rings. The van der Waals surface area contributed by atoms with E-state index < -0.39 is 12.1 Å². The average Bonchev–Trinajstić information content (AvgIpc) is 2.24. The normalized spacial score (nSPS) is 32.5. The molecule has 5 heteroatoms. The van der Waals surface area contributed by atoms with Crippen LogP contribution < -0.4 is 5.32 Å². The van der Waals surface area contributed by atoms with Crippen molar-refractivity contribution in [1.82, 2.24) is 10.2 Å². The van der Waals surface area contributed by atoms with Crippen LogP contribution in [0.4, 0.5) is 13.2 Å². The Morgan fingerprint density at radius 3 is 2.18 bits per heavy atom. The van der Waals surface area contributed by atoms with E-state index in [4.69, 9.17) is 0 Å². The van der Waals surface area contributed by atoms with Crippen molar-refractivity contribution in [2.75, 3.05) is 26.7 Å². The number of alkyl halides is 3. The third-order valence-electron chi connectivity index (χ3n) is 4.31. The van der Waals surface area contributed by atoms with Gasteiger partial charge in [0.15, 0.2) is 0 Å². The molecule has 2 fully saturated rings. The molecule has 0 amide bonds. The molecule has 1 N–H and O–H groups in total. The quantitative estimate of drug-likeness (QED) is 0.826. The van der Waals surface area contributed by atoms with Gasteiger partial charge in [-0.05, 0) is 58.3 Å². The first-order valence-electron chi connectivity index (χ1n) is 6.47. The second kappa shape index (κ2) is 5.14. The molecule has 1 saturated carbocycles. The molecule has 0 spiro atoms. The molecule has 0 bridgehead atoms. The van der Waals surface area contributed by atoms with Crippen LogP contribution in [0.2, 0.25) is 0 Å². The van der Waals surface area contributed by atoms with Gasteiger partial charge in [-0.2, -0.15) is 13.2 Å². The number of piperidine rings is 1. The van der Waals surface area contributed by atoms with Gasteiger partial charge >= 0.3 is 6.18 Å². The molecule has 2 unspecified atom stereocenters. The maximum Gasteiger partial charge on any atom is 0.391 e. The van der Waals surface area contributed by atoms with Gasteiger partial charge in [0.1, 0.15) is 0 Å². The Labute approximate surface area is 101 Å². The fraction of sp³-hybridized carbons (Fsp3) is 1.00. The number of nitrogens with zero attached hydrogens (tertiary/aromatic N) is 1. The van der Waals surface area contributed by atoms with Crippen molar-refractivity contribution in [3.63, 3.8) is 0 Å². The topological polar surface area (TPSA) is 15.3 Å². The molecule has 0 aromatic carbocycles. The van der Waals surface area contributed by atoms with Crippen LogP contribution in [0, 0.1) is 11.8 Å². The van der Waals surface area contributed by atoms with E-state index in [-0.39, 0.29) is 12.8 Å². The third kappa shape index (κ3) is 2.94. The summed E-state index contributed by atoms with van der Waals surface area (Å²) < 4.78 is 37.6. The van der Waals surface area contributed by atoms with E-state index in [2.05, 4.69) is 10.2 Å². The summed E-state index contributed by atoms with van der Waals surface area (Å²) in [6.45, 7) is 2.23. The van der Waals surface area contributed by atoms with Crippen molar-refractivity contribution in [3.05, 3.63) is 0 Å². The Hall–Kier alpha value is -0.290. The molecule has 0 aromatic heterocycles. The van der Waals surface area contributed by atoms with Crippen molar-refractivity contribution in [1.29, 1.82) is 0 Å². The largest absolute Gasteiger partial charge is 0.391 e. The molecule has 17 heavy (non-hydrogen) atoms. The summed E-state index contributed by atoms with van der Waals surface area (Å²) in [5, 5.41) is 3.17. The monoisotopic (exact) mass is 250 g/mol. The minimum atomic E-state index is -3.99. The predicted octanol–water partition coefficient (Wildman–Crippen LogP) is 2.26. The van der Waals surface area contributed by atoms with E-state index in [0.717, 1.165) is 13.0 Å². The van der Waals surface area contributed by atoms with Gasteiger partial charge in [-0.25, -0.2) is 0 Å². The van der Waals surface area contributed by atoms with Gasteiger partial charge in [-0.1, -0.05) is 0 Å². The van der Waals surface area contributed by atoms with Gasteiger partial charge in [0.2, 0.25) is 0 Å². The summed E-state index contributed by atoms with van der Waals surface area (Å²) >= 11 is 0. The van der Waals surface area contributed by atoms with E-state index in [0.29, 0.717) is 25.0 Å². The van der Waals surface area contributed by atoms with Crippen LogP contribution >= 0.6 is 0 Å². The van der Waals surface area contributed by atoms with Crippen molar-refractivity contribution in [2.24, 2.45) is 11.8 Å². The minimum absolute atomic E-state index is 0.284. The maximum atomic E-state index is 12.5. The molecule has 0 aromatic rings. The van der Waals surface area contributed by atoms with Crippen LogP contribution in [0.25, 0.3) is 0 Å². The summed E-state index contributed by atoms with van der Waals surface area (Å²) in [6.07, 6.45) is -1.05. The van der Waals surface area contributed by atoms with E-state index in [9.17, 15) is 13.2 Å². The van der Waals surface area contributed by atoms with Gasteiger partial charge in [-0.15, -0.1) is 0 Å². The van der Waals surface area contributed by atoms with Crippen molar-refractivity contribution < 1.29 is 13.2 Å². The number of hydrogen-bond donors (Lipinski definition) is 1. The lowest BCUT2D eigenvalue weighted by atomic mass is 9.77. The summed E-state index contributed by atoms with van der Waals surface area (Å²) in [4.78, 5) is 2.27. The fourth-order valence-corrected chi connectivity index (χ4v) is 3.09. The van der Waals surface area contributed by atoms with Crippen molar-refractivity contribution in [2.45, 2.75) is 37.9 Å². The van der Waals surface area contributed by atoms with Crippen LogP contribution in [-0.4, -0.2) is 43.8 Å². The highest BCUT2D eigenvalue weighted by Gasteiger charge is 2.43. The van der Waals surface area contributed by atoms with Crippen molar-refractivity contribution in [3.8, 4) is 0 Å². The Bertz CT molecular complexity index is 247. The van der Waals surface area contributed by atoms with Crippen LogP contribution in [0.1, 0.15) is 25.7 Å². The van der Waals surface area contributed by atoms with E-state index in [1.54, 1.807) is 0 Å². The van der Waals surface area contributed by atoms with Crippen LogP contribution in [0.3, 0.4) is 0 Å². The molecular formula is C12H21F3N2. The Morgan fingerprint density at radius 1 is 1.12 bits per heavy atom. The standard InChI is InChI=1S/C12H21F3N2/c1-16-8-9-2-3-11(9)17-6-4-10(5-7-17)12(13,14)15/h9-11,16H,2-8H2,1H3. The highest BCUT2D eigenvalue weighted by molar-refractivity contribution is 4.92. The first-order chi connectivity index (χ1) is 8.02. The average molecular weight is 250 g/mol. The SMILES string of the molecule is CNCC1CCC1N1CCC(C(F)(F)F)CC1. The lowest BCUT2D eigenvalue weighted by Crippen LogP contribution is -2.53. The molecule has 1 saturated heterocycles. The summed E-state index contributed by atoms with van der Waals surface area (Å²) in [6, 6.07) is 0.525. The summed E-state index contributed by atoms with van der Waals surface area (Å²) in [5.41, 5.74) is 0. The number of nitrogens with one attached hydrogen (secondary N) is 1. The number of hydrogen-bond acceptors (Lipinski definition) is 2. The number of halogens is 3. The van der Waals surface area contributed by atoms with Crippen molar-refractivity contribution >= 4 is 0 Å². The van der Waals surface area contributed by atoms with E-state index in [1.807, 2.05) is 7.05 Å². The van der Waals surface area contributed by atoms with Crippen LogP contribution in [0.15, 0.2) is 0 Å². The van der Waals surface area contributed by atoms with Crippen LogP contribution in [0.5, 0.6) is 0 Å². The first kappa shape index (κ1) is 13.1. The molecule has 1 aliphatic carbocycles. The van der Waals surface area contributed by atoms with Gasteiger partial charge < -0.3 is 10.2 Å². The highest BCUT2D eigenvalue weighted by Crippen LogP contribution is 2.38. The molecular weight excluding hydrogens is 229 g/mol. The Morgan fingerprint density at radius 2 is 1.76 bits per heavy atom. The zero-order valence-corrected chi connectivity index (χ0v) is 10.3. The zero-order chi connectivity index (χ0) is 12.5. The third-order valence-corrected chi connectivity index (χ3v) is 4.31. The molecule has 2 rings (SSSR count). The van der Waals surface area contributed by atoms with Gasteiger partial charge in [0.05, 0.1) is 5.92 Å². The first-order valence-corrected chi connectivity index (χ1v) is 6.47. The minimum Gasteiger partial charge on any atom is -0.319 e. The molecule has 100 valence electrons. The second-order valence-electron chi connectivity index (χ2n) is 5.31. The van der Waals surface area contributed by atoms with Gasteiger partial charge in [0.25, 0.3) is 0 Å². The fourth-order valence-electron chi connectivity index (χ4n) is 3.09. The lowest BCUT2D eigenvalue weighted by molar-refractivity contribution is -0.187. The molecule has 1 aliphatic heterocycles. The van der Waals surface area contributed by atoms with Gasteiger partial charge in [0, 0.05) is 6.04 Å². The smallest absolute Gasteiger partial charge is 0.319 e. The van der Waals surface area contributed by atoms with E-state index in [1.165, 1.54) is 6.42 Å². The Balaban J connectivity index is 1.79. The molecule has 1 heterocycles. The predicted molar refractivity (Wildman–Crippen MR) is 60.8 cm³/mol. The molecule has 2 atom stereocenters. The highest BCUT2D eigenvalue weighted by atomic mass is 19.4. The number of rotatable bonds is 3. The molecule has 2 nitrogen and oxygen atoms in total. The lowest BCUT2D eigenvalue weighted by Gasteiger charge is -2.47. The Kier molecular flexibility index (Phi) is 3.98. The maximum absolute atomic E-state index is 12.5. The summed E-state index contributed by atoms with van der Waals surface area (Å²) in [5.74, 6) is -0.427. The van der Waals surface area contributed by atoms with Gasteiger partial charge in [-0.3, -0.25) is 0 Å². The zero-order valence-electron chi connectivity index (χ0n) is 10.3. The summed E-state index contributed by atoms with van der Waals surface area (Å²) in [7, 11) is 1.94. The molecule has 0 radical (unpaired) electrons. The second-order valence-corrected chi connectivity index (χ2v) is 5.31. The number of likely N-dealkylation sites (tertiary alicyclic amines) is 1. The van der Waals surface area contributed by atoms with Crippen LogP contribution in [-0.2, 0) is 0 Å².